The number of nitrogen functional groups attached to an aromatic ring is 1. The minimum absolute atomic E-state index is 0.0979. The van der Waals surface area contributed by atoms with Crippen LogP contribution < -0.4 is 5.73 Å². The number of hydrogen-bond acceptors (Lipinski definition) is 3. The molecule has 0 unspecified atom stereocenters. The van der Waals surface area contributed by atoms with E-state index >= 15 is 0 Å². The van der Waals surface area contributed by atoms with E-state index in [0.717, 1.165) is 0 Å². The fraction of sp³-hybridized carbons (Fsp3) is 0.538. The van der Waals surface area contributed by atoms with Crippen molar-refractivity contribution in [1.82, 2.24) is 4.31 Å². The zero-order chi connectivity index (χ0) is 14.1. The van der Waals surface area contributed by atoms with Crippen LogP contribution in [0.5, 0.6) is 0 Å². The van der Waals surface area contributed by atoms with Crippen LogP contribution in [0, 0.1) is 12.3 Å². The Balaban J connectivity index is 3.22. The first-order valence-electron chi connectivity index (χ1n) is 5.87. The van der Waals surface area contributed by atoms with Crippen LogP contribution in [0.2, 0.25) is 0 Å². The summed E-state index contributed by atoms with van der Waals surface area (Å²) in [5.41, 5.74) is 6.68. The third-order valence-corrected chi connectivity index (χ3v) is 4.63. The summed E-state index contributed by atoms with van der Waals surface area (Å²) in [7, 11) is -1.94. The van der Waals surface area contributed by atoms with Gasteiger partial charge in [0.1, 0.15) is 4.90 Å². The Hall–Kier alpha value is -1.07. The van der Waals surface area contributed by atoms with Gasteiger partial charge in [0.05, 0.1) is 5.69 Å². The molecular weight excluding hydrogens is 248 g/mol. The summed E-state index contributed by atoms with van der Waals surface area (Å²) in [4.78, 5) is 0.219. The van der Waals surface area contributed by atoms with Gasteiger partial charge in [-0.2, -0.15) is 0 Å². The molecule has 0 amide bonds. The molecule has 1 rings (SSSR count). The van der Waals surface area contributed by atoms with Crippen LogP contribution in [-0.4, -0.2) is 26.3 Å². The van der Waals surface area contributed by atoms with Gasteiger partial charge in [-0.15, -0.1) is 0 Å². The third-order valence-electron chi connectivity index (χ3n) is 2.61. The molecule has 0 fully saturated rings. The highest BCUT2D eigenvalue weighted by atomic mass is 32.2. The SMILES string of the molecule is Cc1cccc(N)c1S(=O)(=O)N(C)CC(C)(C)C. The third kappa shape index (κ3) is 3.23. The highest BCUT2D eigenvalue weighted by Crippen LogP contribution is 2.27. The molecule has 2 N–H and O–H groups in total. The van der Waals surface area contributed by atoms with E-state index in [0.29, 0.717) is 17.8 Å². The van der Waals surface area contributed by atoms with Crippen molar-refractivity contribution in [3.63, 3.8) is 0 Å². The van der Waals surface area contributed by atoms with Gasteiger partial charge in [0.2, 0.25) is 10.0 Å². The predicted octanol–water partition coefficient (Wildman–Crippen LogP) is 2.24. The van der Waals surface area contributed by atoms with Gasteiger partial charge in [-0.1, -0.05) is 32.9 Å². The normalized spacial score (nSPS) is 13.0. The first-order valence-corrected chi connectivity index (χ1v) is 7.31. The Morgan fingerprint density at radius 2 is 1.83 bits per heavy atom. The van der Waals surface area contributed by atoms with Gasteiger partial charge in [0.15, 0.2) is 0 Å². The molecule has 1 aromatic carbocycles. The van der Waals surface area contributed by atoms with Crippen LogP contribution in [0.25, 0.3) is 0 Å². The van der Waals surface area contributed by atoms with Gasteiger partial charge >= 0.3 is 0 Å². The first-order chi connectivity index (χ1) is 8.05. The maximum absolute atomic E-state index is 12.5. The Kier molecular flexibility index (Phi) is 4.08. The smallest absolute Gasteiger partial charge is 0.245 e. The molecule has 5 heteroatoms. The Morgan fingerprint density at radius 3 is 2.28 bits per heavy atom. The second kappa shape index (κ2) is 4.90. The number of sulfonamides is 1. The van der Waals surface area contributed by atoms with Crippen molar-refractivity contribution in [3.05, 3.63) is 23.8 Å². The Bertz CT molecular complexity index is 510. The van der Waals surface area contributed by atoms with Gasteiger partial charge in [-0.05, 0) is 24.0 Å². The molecule has 0 aromatic heterocycles. The maximum atomic E-state index is 12.5. The number of hydrogen-bond donors (Lipinski definition) is 1. The second-order valence-electron chi connectivity index (χ2n) is 5.82. The number of nitrogens with two attached hydrogens (primary N) is 1. The topological polar surface area (TPSA) is 63.4 Å². The zero-order valence-electron chi connectivity index (χ0n) is 11.7. The van der Waals surface area contributed by atoms with E-state index < -0.39 is 10.0 Å². The fourth-order valence-electron chi connectivity index (χ4n) is 1.94. The van der Waals surface area contributed by atoms with Crippen molar-refractivity contribution in [2.45, 2.75) is 32.6 Å². The lowest BCUT2D eigenvalue weighted by Gasteiger charge is -2.27. The summed E-state index contributed by atoms with van der Waals surface area (Å²) < 4.78 is 26.4. The summed E-state index contributed by atoms with van der Waals surface area (Å²) in [6, 6.07) is 5.13. The van der Waals surface area contributed by atoms with Gasteiger partial charge in [0.25, 0.3) is 0 Å². The van der Waals surface area contributed by atoms with Crippen LogP contribution in [0.4, 0.5) is 5.69 Å². The Labute approximate surface area is 110 Å². The molecule has 0 radical (unpaired) electrons. The lowest BCUT2D eigenvalue weighted by molar-refractivity contribution is 0.311. The molecule has 4 nitrogen and oxygen atoms in total. The molecule has 0 saturated heterocycles. The van der Waals surface area contributed by atoms with E-state index in [4.69, 9.17) is 5.73 Å². The second-order valence-corrected chi connectivity index (χ2v) is 7.80. The van der Waals surface area contributed by atoms with Gasteiger partial charge < -0.3 is 5.73 Å². The number of rotatable bonds is 3. The average Bonchev–Trinajstić information content (AvgIpc) is 2.13. The number of anilines is 1. The van der Waals surface area contributed by atoms with Gasteiger partial charge in [-0.3, -0.25) is 0 Å². The summed E-state index contributed by atoms with van der Waals surface area (Å²) in [5, 5.41) is 0. The van der Waals surface area contributed by atoms with E-state index in [1.807, 2.05) is 20.8 Å². The fourth-order valence-corrected chi connectivity index (χ4v) is 3.65. The Morgan fingerprint density at radius 1 is 1.28 bits per heavy atom. The minimum atomic E-state index is -3.53. The molecule has 0 atom stereocenters. The quantitative estimate of drug-likeness (QED) is 0.857. The van der Waals surface area contributed by atoms with E-state index in [1.165, 1.54) is 4.31 Å². The standard InChI is InChI=1S/C13H22N2O2S/c1-10-7-6-8-11(14)12(10)18(16,17)15(5)9-13(2,3)4/h6-8H,9,14H2,1-5H3. The molecule has 0 bridgehead atoms. The number of benzene rings is 1. The monoisotopic (exact) mass is 270 g/mol. The van der Waals surface area contributed by atoms with E-state index in [-0.39, 0.29) is 10.3 Å². The molecule has 0 heterocycles. The van der Waals surface area contributed by atoms with Crippen molar-refractivity contribution in [2.24, 2.45) is 5.41 Å². The van der Waals surface area contributed by atoms with Crippen molar-refractivity contribution in [2.75, 3.05) is 19.3 Å². The molecule has 102 valence electrons. The van der Waals surface area contributed by atoms with Gasteiger partial charge in [-0.25, -0.2) is 12.7 Å². The maximum Gasteiger partial charge on any atom is 0.245 e. The lowest BCUT2D eigenvalue weighted by atomic mass is 9.97. The van der Waals surface area contributed by atoms with Crippen molar-refractivity contribution in [3.8, 4) is 0 Å². The molecule has 0 aliphatic rings. The molecule has 0 aliphatic heterocycles. The van der Waals surface area contributed by atoms with Crippen LogP contribution >= 0.6 is 0 Å². The van der Waals surface area contributed by atoms with E-state index in [1.54, 1.807) is 32.2 Å². The predicted molar refractivity (Wildman–Crippen MR) is 74.9 cm³/mol. The number of nitrogens with zero attached hydrogens (tertiary/aromatic N) is 1. The highest BCUT2D eigenvalue weighted by Gasteiger charge is 2.28. The summed E-state index contributed by atoms with van der Waals surface area (Å²) >= 11 is 0. The number of aryl methyl sites for hydroxylation is 1. The van der Waals surface area contributed by atoms with Crippen LogP contribution in [-0.2, 0) is 10.0 Å². The molecule has 18 heavy (non-hydrogen) atoms. The van der Waals surface area contributed by atoms with Crippen LogP contribution in [0.1, 0.15) is 26.3 Å². The van der Waals surface area contributed by atoms with Crippen LogP contribution in [0.3, 0.4) is 0 Å². The lowest BCUT2D eigenvalue weighted by Crippen LogP contribution is -2.35. The molecule has 1 aromatic rings. The van der Waals surface area contributed by atoms with Crippen molar-refractivity contribution < 1.29 is 8.42 Å². The van der Waals surface area contributed by atoms with E-state index in [2.05, 4.69) is 0 Å². The molecule has 0 saturated carbocycles. The summed E-state index contributed by atoms with van der Waals surface area (Å²) in [5.74, 6) is 0. The summed E-state index contributed by atoms with van der Waals surface area (Å²) in [6.07, 6.45) is 0. The van der Waals surface area contributed by atoms with Crippen molar-refractivity contribution in [1.29, 1.82) is 0 Å². The van der Waals surface area contributed by atoms with Gasteiger partial charge in [0, 0.05) is 13.6 Å². The zero-order valence-corrected chi connectivity index (χ0v) is 12.5. The summed E-state index contributed by atoms with van der Waals surface area (Å²) in [6.45, 7) is 8.21. The van der Waals surface area contributed by atoms with Crippen molar-refractivity contribution >= 4 is 15.7 Å². The molecular formula is C13H22N2O2S. The molecule has 0 spiro atoms. The minimum Gasteiger partial charge on any atom is -0.398 e. The van der Waals surface area contributed by atoms with E-state index in [9.17, 15) is 8.42 Å². The largest absolute Gasteiger partial charge is 0.398 e. The van der Waals surface area contributed by atoms with Crippen LogP contribution in [0.15, 0.2) is 23.1 Å². The highest BCUT2D eigenvalue weighted by molar-refractivity contribution is 7.89. The first kappa shape index (κ1) is 15.0. The molecule has 0 aliphatic carbocycles. The average molecular weight is 270 g/mol.